The molecule has 0 saturated carbocycles. The largest absolute Gasteiger partial charge is 0.351 e. The number of urea groups is 1. The lowest BCUT2D eigenvalue weighted by atomic mass is 9.96. The van der Waals surface area contributed by atoms with Gasteiger partial charge in [0.1, 0.15) is 0 Å². The van der Waals surface area contributed by atoms with Crippen LogP contribution < -0.4 is 16.8 Å². The van der Waals surface area contributed by atoms with Crippen molar-refractivity contribution < 1.29 is 4.79 Å². The van der Waals surface area contributed by atoms with Gasteiger partial charge in [-0.25, -0.2) is 4.79 Å². The van der Waals surface area contributed by atoms with Gasteiger partial charge in [0.15, 0.2) is 0 Å². The van der Waals surface area contributed by atoms with Gasteiger partial charge in [0.25, 0.3) is 0 Å². The van der Waals surface area contributed by atoms with Crippen molar-refractivity contribution >= 4 is 11.7 Å². The molecule has 0 aromatic heterocycles. The smallest absolute Gasteiger partial charge is 0.316 e. The maximum Gasteiger partial charge on any atom is 0.316 e. The summed E-state index contributed by atoms with van der Waals surface area (Å²) in [7, 11) is 0. The van der Waals surface area contributed by atoms with E-state index in [0.29, 0.717) is 12.5 Å². The first-order valence-electron chi connectivity index (χ1n) is 5.00. The number of primary amides is 1. The van der Waals surface area contributed by atoms with Crippen molar-refractivity contribution in [1.29, 1.82) is 0 Å². The first kappa shape index (κ1) is 11.5. The molecule has 1 aromatic carbocycles. The zero-order valence-electron chi connectivity index (χ0n) is 8.86. The molecule has 0 radical (unpaired) electrons. The second kappa shape index (κ2) is 5.36. The van der Waals surface area contributed by atoms with Crippen LogP contribution in [0.4, 0.5) is 10.5 Å². The quantitative estimate of drug-likeness (QED) is 0.701. The van der Waals surface area contributed by atoms with E-state index >= 15 is 0 Å². The van der Waals surface area contributed by atoms with Crippen molar-refractivity contribution in [3.63, 3.8) is 0 Å². The van der Waals surface area contributed by atoms with Gasteiger partial charge in [-0.2, -0.15) is 0 Å². The topological polar surface area (TPSA) is 81.1 Å². The molecule has 5 N–H and O–H groups in total. The van der Waals surface area contributed by atoms with E-state index < -0.39 is 6.03 Å². The van der Waals surface area contributed by atoms with Gasteiger partial charge in [-0.3, -0.25) is 0 Å². The maximum atomic E-state index is 10.8. The number of hydrogen-bond acceptors (Lipinski definition) is 2. The minimum Gasteiger partial charge on any atom is -0.351 e. The van der Waals surface area contributed by atoms with Crippen molar-refractivity contribution in [1.82, 2.24) is 0 Å². The Labute approximate surface area is 89.6 Å². The van der Waals surface area contributed by atoms with E-state index in [1.165, 1.54) is 0 Å². The Morgan fingerprint density at radius 2 is 2.13 bits per heavy atom. The van der Waals surface area contributed by atoms with Gasteiger partial charge in [-0.15, -0.1) is 0 Å². The highest BCUT2D eigenvalue weighted by Crippen LogP contribution is 2.26. The predicted octanol–water partition coefficient (Wildman–Crippen LogP) is 1.63. The van der Waals surface area contributed by atoms with Gasteiger partial charge in [0.05, 0.1) is 0 Å². The summed E-state index contributed by atoms with van der Waals surface area (Å²) in [5.74, 6) is 0.318. The van der Waals surface area contributed by atoms with Crippen LogP contribution in [0, 0.1) is 0 Å². The van der Waals surface area contributed by atoms with Crippen LogP contribution in [0.15, 0.2) is 24.3 Å². The average Bonchev–Trinajstić information content (AvgIpc) is 2.18. The minimum absolute atomic E-state index is 0.318. The summed E-state index contributed by atoms with van der Waals surface area (Å²) in [5.41, 5.74) is 12.4. The normalized spacial score (nSPS) is 12.1. The number of rotatable bonds is 4. The van der Waals surface area contributed by atoms with E-state index in [0.717, 1.165) is 17.7 Å². The van der Waals surface area contributed by atoms with E-state index in [4.69, 9.17) is 11.5 Å². The molecule has 4 nitrogen and oxygen atoms in total. The lowest BCUT2D eigenvalue weighted by Gasteiger charge is -2.15. The summed E-state index contributed by atoms with van der Waals surface area (Å²) in [4.78, 5) is 10.8. The first-order valence-corrected chi connectivity index (χ1v) is 5.00. The third-order valence-electron chi connectivity index (χ3n) is 2.35. The minimum atomic E-state index is -0.539. The molecule has 0 spiro atoms. The van der Waals surface area contributed by atoms with E-state index in [1.54, 1.807) is 0 Å². The number of para-hydroxylation sites is 1. The Bertz CT molecular complexity index is 338. The first-order chi connectivity index (χ1) is 7.15. The van der Waals surface area contributed by atoms with Crippen LogP contribution in [-0.2, 0) is 0 Å². The summed E-state index contributed by atoms with van der Waals surface area (Å²) < 4.78 is 0. The van der Waals surface area contributed by atoms with Crippen LogP contribution in [0.3, 0.4) is 0 Å². The molecule has 0 saturated heterocycles. The molecule has 0 aliphatic rings. The van der Waals surface area contributed by atoms with Crippen molar-refractivity contribution in [2.24, 2.45) is 11.5 Å². The fraction of sp³-hybridized carbons (Fsp3) is 0.364. The van der Waals surface area contributed by atoms with Gasteiger partial charge in [0.2, 0.25) is 0 Å². The molecular formula is C11H17N3O. The highest BCUT2D eigenvalue weighted by atomic mass is 16.2. The lowest BCUT2D eigenvalue weighted by Crippen LogP contribution is -2.20. The SMILES string of the molecule is CC(CCN)c1ccccc1NC(N)=O. The molecule has 0 aliphatic heterocycles. The third-order valence-corrected chi connectivity index (χ3v) is 2.35. The van der Waals surface area contributed by atoms with Gasteiger partial charge < -0.3 is 16.8 Å². The Balaban J connectivity index is 2.89. The molecule has 15 heavy (non-hydrogen) atoms. The molecule has 0 bridgehead atoms. The van der Waals surface area contributed by atoms with Crippen LogP contribution >= 0.6 is 0 Å². The summed E-state index contributed by atoms with van der Waals surface area (Å²) in [6.45, 7) is 2.71. The van der Waals surface area contributed by atoms with E-state index in [-0.39, 0.29) is 0 Å². The molecule has 1 aromatic rings. The van der Waals surface area contributed by atoms with Crippen molar-refractivity contribution in [3.05, 3.63) is 29.8 Å². The summed E-state index contributed by atoms with van der Waals surface area (Å²) in [5, 5.41) is 2.61. The number of benzene rings is 1. The number of carbonyl (C=O) groups excluding carboxylic acids is 1. The number of hydrogen-bond donors (Lipinski definition) is 3. The Morgan fingerprint density at radius 1 is 1.47 bits per heavy atom. The van der Waals surface area contributed by atoms with Crippen molar-refractivity contribution in [2.45, 2.75) is 19.3 Å². The molecule has 1 unspecified atom stereocenters. The van der Waals surface area contributed by atoms with Gasteiger partial charge in [0, 0.05) is 5.69 Å². The summed E-state index contributed by atoms with van der Waals surface area (Å²) in [6.07, 6.45) is 0.886. The molecule has 2 amide bonds. The second-order valence-corrected chi connectivity index (χ2v) is 3.55. The molecule has 0 aliphatic carbocycles. The molecule has 1 atom stereocenters. The van der Waals surface area contributed by atoms with Crippen LogP contribution in [0.2, 0.25) is 0 Å². The fourth-order valence-corrected chi connectivity index (χ4v) is 1.58. The van der Waals surface area contributed by atoms with Crippen LogP contribution in [0.25, 0.3) is 0 Å². The number of nitrogens with two attached hydrogens (primary N) is 2. The van der Waals surface area contributed by atoms with Crippen molar-refractivity contribution in [2.75, 3.05) is 11.9 Å². The number of nitrogens with one attached hydrogen (secondary N) is 1. The Kier molecular flexibility index (Phi) is 4.12. The molecule has 4 heteroatoms. The number of anilines is 1. The second-order valence-electron chi connectivity index (χ2n) is 3.55. The van der Waals surface area contributed by atoms with Gasteiger partial charge in [-0.1, -0.05) is 25.1 Å². The van der Waals surface area contributed by atoms with E-state index in [1.807, 2.05) is 24.3 Å². The maximum absolute atomic E-state index is 10.8. The Hall–Kier alpha value is -1.55. The zero-order chi connectivity index (χ0) is 11.3. The van der Waals surface area contributed by atoms with Crippen LogP contribution in [0.1, 0.15) is 24.8 Å². The Morgan fingerprint density at radius 3 is 2.73 bits per heavy atom. The average molecular weight is 207 g/mol. The van der Waals surface area contributed by atoms with Crippen molar-refractivity contribution in [3.8, 4) is 0 Å². The summed E-state index contributed by atoms with van der Waals surface area (Å²) >= 11 is 0. The van der Waals surface area contributed by atoms with Gasteiger partial charge >= 0.3 is 6.03 Å². The predicted molar refractivity (Wildman–Crippen MR) is 61.7 cm³/mol. The number of carbonyl (C=O) groups is 1. The van der Waals surface area contributed by atoms with E-state index in [2.05, 4.69) is 12.2 Å². The molecule has 0 heterocycles. The third kappa shape index (κ3) is 3.25. The highest BCUT2D eigenvalue weighted by Gasteiger charge is 2.10. The monoisotopic (exact) mass is 207 g/mol. The van der Waals surface area contributed by atoms with Crippen LogP contribution in [-0.4, -0.2) is 12.6 Å². The molecule has 82 valence electrons. The number of amides is 2. The fourth-order valence-electron chi connectivity index (χ4n) is 1.58. The molecule has 1 rings (SSSR count). The van der Waals surface area contributed by atoms with E-state index in [9.17, 15) is 4.79 Å². The standard InChI is InChI=1S/C11H17N3O/c1-8(6-7-12)9-4-2-3-5-10(9)14-11(13)15/h2-5,8H,6-7,12H2,1H3,(H3,13,14,15). The summed E-state index contributed by atoms with van der Waals surface area (Å²) in [6, 6.07) is 7.08. The van der Waals surface area contributed by atoms with Gasteiger partial charge in [-0.05, 0) is 30.5 Å². The lowest BCUT2D eigenvalue weighted by molar-refractivity contribution is 0.259. The zero-order valence-corrected chi connectivity index (χ0v) is 8.86. The van der Waals surface area contributed by atoms with Crippen LogP contribution in [0.5, 0.6) is 0 Å². The molecular weight excluding hydrogens is 190 g/mol. The highest BCUT2D eigenvalue weighted by molar-refractivity contribution is 5.88. The molecule has 0 fully saturated rings.